The monoisotopic (exact) mass is 326 g/mol. The summed E-state index contributed by atoms with van der Waals surface area (Å²) in [7, 11) is 1.65. The molecule has 0 aliphatic carbocycles. The second kappa shape index (κ2) is 8.18. The van der Waals surface area contributed by atoms with Crippen molar-refractivity contribution >= 4 is 5.69 Å². The van der Waals surface area contributed by atoms with Crippen molar-refractivity contribution in [3.63, 3.8) is 0 Å². The van der Waals surface area contributed by atoms with E-state index in [0.717, 1.165) is 37.2 Å². The number of benzene rings is 2. The molecule has 4 heteroatoms. The Morgan fingerprint density at radius 3 is 2.58 bits per heavy atom. The standard InChI is InChI=1S/C20H26N2O2/c1-24-19-9-5-6-16(14-19)20(23)15-22-12-10-18(11-13-22)21-17-7-3-2-4-8-17/h2-9,14,18,20-21,23H,10-13,15H2,1H3. The number of rotatable bonds is 6. The molecule has 0 bridgehead atoms. The molecule has 1 unspecified atom stereocenters. The van der Waals surface area contributed by atoms with Crippen LogP contribution in [-0.2, 0) is 0 Å². The minimum atomic E-state index is -0.473. The maximum absolute atomic E-state index is 10.5. The molecule has 0 spiro atoms. The molecule has 128 valence electrons. The zero-order valence-electron chi connectivity index (χ0n) is 14.2. The Labute approximate surface area is 144 Å². The van der Waals surface area contributed by atoms with Gasteiger partial charge in [0.2, 0.25) is 0 Å². The average Bonchev–Trinajstić information content (AvgIpc) is 2.64. The number of nitrogens with one attached hydrogen (secondary N) is 1. The fraction of sp³-hybridized carbons (Fsp3) is 0.400. The minimum absolute atomic E-state index is 0.473. The molecule has 0 aromatic heterocycles. The van der Waals surface area contributed by atoms with Crippen LogP contribution in [0.2, 0.25) is 0 Å². The number of nitrogens with zero attached hydrogens (tertiary/aromatic N) is 1. The number of hydrogen-bond donors (Lipinski definition) is 2. The molecule has 24 heavy (non-hydrogen) atoms. The third kappa shape index (κ3) is 4.49. The molecule has 3 rings (SSSR count). The van der Waals surface area contributed by atoms with Gasteiger partial charge < -0.3 is 20.1 Å². The molecule has 1 atom stereocenters. The van der Waals surface area contributed by atoms with Gasteiger partial charge in [0.15, 0.2) is 0 Å². The van der Waals surface area contributed by atoms with E-state index >= 15 is 0 Å². The van der Waals surface area contributed by atoms with Crippen molar-refractivity contribution in [1.82, 2.24) is 4.90 Å². The van der Waals surface area contributed by atoms with Crippen molar-refractivity contribution in [3.05, 3.63) is 60.2 Å². The number of anilines is 1. The topological polar surface area (TPSA) is 44.7 Å². The first kappa shape index (κ1) is 16.8. The average molecular weight is 326 g/mol. The van der Waals surface area contributed by atoms with Crippen LogP contribution in [0.15, 0.2) is 54.6 Å². The molecular weight excluding hydrogens is 300 g/mol. The van der Waals surface area contributed by atoms with Gasteiger partial charge in [0, 0.05) is 31.4 Å². The van der Waals surface area contributed by atoms with Gasteiger partial charge in [-0.15, -0.1) is 0 Å². The highest BCUT2D eigenvalue weighted by atomic mass is 16.5. The lowest BCUT2D eigenvalue weighted by atomic mass is 10.0. The second-order valence-corrected chi connectivity index (χ2v) is 6.38. The van der Waals surface area contributed by atoms with Crippen LogP contribution in [0.25, 0.3) is 0 Å². The molecule has 4 nitrogen and oxygen atoms in total. The van der Waals surface area contributed by atoms with E-state index in [4.69, 9.17) is 4.74 Å². The molecule has 2 aromatic rings. The number of aliphatic hydroxyl groups is 1. The lowest BCUT2D eigenvalue weighted by Crippen LogP contribution is -2.40. The van der Waals surface area contributed by atoms with Gasteiger partial charge in [0.1, 0.15) is 5.75 Å². The predicted molar refractivity (Wildman–Crippen MR) is 97.5 cm³/mol. The Bertz CT molecular complexity index is 625. The molecule has 1 aliphatic heterocycles. The van der Waals surface area contributed by atoms with E-state index in [2.05, 4.69) is 34.5 Å². The molecule has 1 fully saturated rings. The Hall–Kier alpha value is -2.04. The zero-order chi connectivity index (χ0) is 16.8. The Morgan fingerprint density at radius 2 is 1.88 bits per heavy atom. The van der Waals surface area contributed by atoms with Crippen LogP contribution in [-0.4, -0.2) is 42.8 Å². The summed E-state index contributed by atoms with van der Waals surface area (Å²) in [5.74, 6) is 0.789. The highest BCUT2D eigenvalue weighted by molar-refractivity contribution is 5.43. The Morgan fingerprint density at radius 1 is 1.12 bits per heavy atom. The van der Waals surface area contributed by atoms with Crippen molar-refractivity contribution in [2.24, 2.45) is 0 Å². The van der Waals surface area contributed by atoms with Crippen LogP contribution >= 0.6 is 0 Å². The highest BCUT2D eigenvalue weighted by Gasteiger charge is 2.21. The summed E-state index contributed by atoms with van der Waals surface area (Å²) < 4.78 is 5.23. The summed E-state index contributed by atoms with van der Waals surface area (Å²) in [6, 6.07) is 18.6. The largest absolute Gasteiger partial charge is 0.497 e. The lowest BCUT2D eigenvalue weighted by Gasteiger charge is -2.34. The van der Waals surface area contributed by atoms with E-state index in [1.165, 1.54) is 5.69 Å². The van der Waals surface area contributed by atoms with Gasteiger partial charge in [0.05, 0.1) is 13.2 Å². The number of ether oxygens (including phenoxy) is 1. The normalized spacial score (nSPS) is 17.4. The minimum Gasteiger partial charge on any atom is -0.497 e. The molecule has 0 amide bonds. The number of hydrogen-bond acceptors (Lipinski definition) is 4. The van der Waals surface area contributed by atoms with Crippen molar-refractivity contribution in [2.45, 2.75) is 25.0 Å². The van der Waals surface area contributed by atoms with Crippen molar-refractivity contribution in [2.75, 3.05) is 32.1 Å². The molecule has 0 saturated carbocycles. The highest BCUT2D eigenvalue weighted by Crippen LogP contribution is 2.22. The van der Waals surface area contributed by atoms with Crippen molar-refractivity contribution < 1.29 is 9.84 Å². The smallest absolute Gasteiger partial charge is 0.119 e. The van der Waals surface area contributed by atoms with Gasteiger partial charge in [-0.2, -0.15) is 0 Å². The van der Waals surface area contributed by atoms with Gasteiger partial charge in [-0.1, -0.05) is 30.3 Å². The van der Waals surface area contributed by atoms with Gasteiger partial charge >= 0.3 is 0 Å². The van der Waals surface area contributed by atoms with Crippen LogP contribution in [0.3, 0.4) is 0 Å². The SMILES string of the molecule is COc1cccc(C(O)CN2CCC(Nc3ccccc3)CC2)c1. The van der Waals surface area contributed by atoms with Crippen LogP contribution in [0.1, 0.15) is 24.5 Å². The predicted octanol–water partition coefficient (Wildman–Crippen LogP) is 3.31. The third-order valence-electron chi connectivity index (χ3n) is 4.64. The van der Waals surface area contributed by atoms with E-state index in [-0.39, 0.29) is 0 Å². The van der Waals surface area contributed by atoms with E-state index in [1.54, 1.807) is 7.11 Å². The Balaban J connectivity index is 1.48. The second-order valence-electron chi connectivity index (χ2n) is 6.38. The first-order valence-electron chi connectivity index (χ1n) is 8.60. The lowest BCUT2D eigenvalue weighted by molar-refractivity contribution is 0.0989. The summed E-state index contributed by atoms with van der Waals surface area (Å²) >= 11 is 0. The van der Waals surface area contributed by atoms with E-state index in [9.17, 15) is 5.11 Å². The maximum Gasteiger partial charge on any atom is 0.119 e. The summed E-state index contributed by atoms with van der Waals surface area (Å²) in [5, 5.41) is 14.1. The van der Waals surface area contributed by atoms with Crippen molar-refractivity contribution in [3.8, 4) is 5.75 Å². The van der Waals surface area contributed by atoms with Crippen LogP contribution in [0, 0.1) is 0 Å². The number of likely N-dealkylation sites (tertiary alicyclic amines) is 1. The van der Waals surface area contributed by atoms with Crippen LogP contribution < -0.4 is 10.1 Å². The summed E-state index contributed by atoms with van der Waals surface area (Å²) in [4.78, 5) is 2.34. The van der Waals surface area contributed by atoms with Crippen LogP contribution in [0.4, 0.5) is 5.69 Å². The quantitative estimate of drug-likeness (QED) is 0.855. The van der Waals surface area contributed by atoms with Gasteiger partial charge in [0.25, 0.3) is 0 Å². The van der Waals surface area contributed by atoms with Crippen LogP contribution in [0.5, 0.6) is 5.75 Å². The molecule has 1 heterocycles. The first-order chi connectivity index (χ1) is 11.7. The number of piperidine rings is 1. The van der Waals surface area contributed by atoms with E-state index in [1.807, 2.05) is 30.3 Å². The summed E-state index contributed by atoms with van der Waals surface area (Å²) in [6.07, 6.45) is 1.72. The number of aliphatic hydroxyl groups excluding tert-OH is 1. The van der Waals surface area contributed by atoms with Crippen molar-refractivity contribution in [1.29, 1.82) is 0 Å². The van der Waals surface area contributed by atoms with Gasteiger partial charge in [-0.05, 0) is 42.7 Å². The van der Waals surface area contributed by atoms with Gasteiger partial charge in [-0.3, -0.25) is 0 Å². The number of β-amino-alcohol motifs (C(OH)–C–C–N with tert-alkyl or cyclic N) is 1. The third-order valence-corrected chi connectivity index (χ3v) is 4.64. The molecule has 2 aromatic carbocycles. The fourth-order valence-corrected chi connectivity index (χ4v) is 3.23. The summed E-state index contributed by atoms with van der Waals surface area (Å²) in [6.45, 7) is 2.68. The molecule has 2 N–H and O–H groups in total. The fourth-order valence-electron chi connectivity index (χ4n) is 3.23. The molecule has 0 radical (unpaired) electrons. The molecule has 1 saturated heterocycles. The molecule has 1 aliphatic rings. The summed E-state index contributed by atoms with van der Waals surface area (Å²) in [5.41, 5.74) is 2.10. The Kier molecular flexibility index (Phi) is 5.72. The van der Waals surface area contributed by atoms with E-state index in [0.29, 0.717) is 12.6 Å². The zero-order valence-corrected chi connectivity index (χ0v) is 14.2. The maximum atomic E-state index is 10.5. The van der Waals surface area contributed by atoms with E-state index < -0.39 is 6.10 Å². The molecular formula is C20H26N2O2. The number of methoxy groups -OCH3 is 1. The van der Waals surface area contributed by atoms with Gasteiger partial charge in [-0.25, -0.2) is 0 Å². The first-order valence-corrected chi connectivity index (χ1v) is 8.60. The number of para-hydroxylation sites is 1.